The number of thiophene rings is 1. The number of amides is 1. The molecule has 3 heterocycles. The number of aromatic amines is 1. The summed E-state index contributed by atoms with van der Waals surface area (Å²) in [5.74, 6) is 0.717. The van der Waals surface area contributed by atoms with Crippen molar-refractivity contribution in [2.45, 2.75) is 51.6 Å². The molecule has 1 N–H and O–H groups in total. The van der Waals surface area contributed by atoms with Gasteiger partial charge < -0.3 is 14.6 Å². The van der Waals surface area contributed by atoms with Crippen LogP contribution in [0.5, 0.6) is 0 Å². The van der Waals surface area contributed by atoms with E-state index in [-0.39, 0.29) is 17.6 Å². The van der Waals surface area contributed by atoms with Gasteiger partial charge in [0.25, 0.3) is 5.56 Å². The molecule has 1 amide bonds. The first-order chi connectivity index (χ1) is 12.1. The summed E-state index contributed by atoms with van der Waals surface area (Å²) in [5, 5.41) is 0.775. The number of nitrogens with one attached hydrogen (secondary N) is 1. The van der Waals surface area contributed by atoms with Crippen LogP contribution < -0.4 is 5.56 Å². The zero-order valence-electron chi connectivity index (χ0n) is 14.5. The molecule has 6 nitrogen and oxygen atoms in total. The first-order valence-electron chi connectivity index (χ1n) is 9.04. The van der Waals surface area contributed by atoms with E-state index in [0.717, 1.165) is 29.5 Å². The van der Waals surface area contributed by atoms with Crippen LogP contribution in [0.15, 0.2) is 4.79 Å². The van der Waals surface area contributed by atoms with Crippen LogP contribution in [0.4, 0.5) is 0 Å². The van der Waals surface area contributed by atoms with Crippen LogP contribution in [0.25, 0.3) is 10.2 Å². The average Bonchev–Trinajstić information content (AvgIpc) is 2.98. The normalized spacial score (nSPS) is 20.7. The predicted molar refractivity (Wildman–Crippen MR) is 97.2 cm³/mol. The van der Waals surface area contributed by atoms with Gasteiger partial charge in [-0.1, -0.05) is 0 Å². The van der Waals surface area contributed by atoms with Crippen LogP contribution in [0, 0.1) is 0 Å². The van der Waals surface area contributed by atoms with E-state index in [4.69, 9.17) is 4.74 Å². The second kappa shape index (κ2) is 6.88. The van der Waals surface area contributed by atoms with Gasteiger partial charge in [0.05, 0.1) is 18.1 Å². The second-order valence-corrected chi connectivity index (χ2v) is 8.01. The van der Waals surface area contributed by atoms with E-state index < -0.39 is 0 Å². The largest absolute Gasteiger partial charge is 0.375 e. The summed E-state index contributed by atoms with van der Waals surface area (Å²) in [6, 6.07) is 0. The molecule has 1 aliphatic carbocycles. The maximum atomic E-state index is 12.5. The lowest BCUT2D eigenvalue weighted by atomic mass is 9.97. The Morgan fingerprint density at radius 1 is 1.40 bits per heavy atom. The number of aryl methyl sites for hydroxylation is 3. The molecule has 1 aliphatic heterocycles. The Morgan fingerprint density at radius 2 is 2.24 bits per heavy atom. The van der Waals surface area contributed by atoms with E-state index in [2.05, 4.69) is 9.97 Å². The van der Waals surface area contributed by atoms with E-state index in [0.29, 0.717) is 38.4 Å². The van der Waals surface area contributed by atoms with Crippen LogP contribution in [0.2, 0.25) is 0 Å². The van der Waals surface area contributed by atoms with Crippen LogP contribution in [-0.2, 0) is 28.8 Å². The zero-order chi connectivity index (χ0) is 17.4. The molecule has 1 saturated heterocycles. The lowest BCUT2D eigenvalue weighted by Crippen LogP contribution is -2.44. The number of nitrogens with zero attached hydrogens (tertiary/aromatic N) is 2. The first-order valence-corrected chi connectivity index (χ1v) is 9.86. The van der Waals surface area contributed by atoms with Crippen molar-refractivity contribution >= 4 is 27.5 Å². The van der Waals surface area contributed by atoms with Crippen molar-refractivity contribution in [1.29, 1.82) is 0 Å². The Labute approximate surface area is 150 Å². The summed E-state index contributed by atoms with van der Waals surface area (Å²) in [6.07, 6.45) is 5.30. The summed E-state index contributed by atoms with van der Waals surface area (Å²) in [7, 11) is 0. The minimum Gasteiger partial charge on any atom is -0.375 e. The average molecular weight is 361 g/mol. The number of hydrogen-bond acceptors (Lipinski definition) is 5. The van der Waals surface area contributed by atoms with E-state index >= 15 is 0 Å². The number of H-pyrrole nitrogens is 1. The van der Waals surface area contributed by atoms with Gasteiger partial charge >= 0.3 is 0 Å². The van der Waals surface area contributed by atoms with Crippen molar-refractivity contribution in [2.24, 2.45) is 0 Å². The van der Waals surface area contributed by atoms with Gasteiger partial charge in [0.1, 0.15) is 10.7 Å². The van der Waals surface area contributed by atoms with Crippen molar-refractivity contribution in [3.8, 4) is 0 Å². The van der Waals surface area contributed by atoms with Gasteiger partial charge in [-0.3, -0.25) is 9.59 Å². The molecular formula is C18H23N3O3S. The number of carbonyl (C=O) groups is 1. The number of rotatable bonds is 3. The van der Waals surface area contributed by atoms with Crippen molar-refractivity contribution in [2.75, 3.05) is 19.7 Å². The van der Waals surface area contributed by atoms with E-state index in [1.54, 1.807) is 11.3 Å². The molecule has 1 fully saturated rings. The summed E-state index contributed by atoms with van der Waals surface area (Å²) < 4.78 is 5.47. The maximum absolute atomic E-state index is 12.5. The Morgan fingerprint density at radius 3 is 3.08 bits per heavy atom. The van der Waals surface area contributed by atoms with Crippen molar-refractivity contribution in [3.05, 3.63) is 26.6 Å². The minimum atomic E-state index is -0.0492. The van der Waals surface area contributed by atoms with Gasteiger partial charge in [-0.15, -0.1) is 11.3 Å². The molecule has 0 aromatic carbocycles. The molecule has 0 radical (unpaired) electrons. The maximum Gasteiger partial charge on any atom is 0.259 e. The predicted octanol–water partition coefficient (Wildman–Crippen LogP) is 2.04. The standard InChI is InChI=1S/C18H23N3O3S/c1-11-10-21(8-9-24-11)15(22)7-6-14-19-17(23)16-12-4-2-3-5-13(12)25-18(16)20-14/h11H,2-10H2,1H3,(H,19,20,23). The van der Waals surface area contributed by atoms with Crippen molar-refractivity contribution in [1.82, 2.24) is 14.9 Å². The molecular weight excluding hydrogens is 338 g/mol. The van der Waals surface area contributed by atoms with E-state index in [9.17, 15) is 9.59 Å². The Hall–Kier alpha value is -1.73. The lowest BCUT2D eigenvalue weighted by Gasteiger charge is -2.31. The van der Waals surface area contributed by atoms with E-state index in [1.807, 2.05) is 11.8 Å². The van der Waals surface area contributed by atoms with Crippen molar-refractivity contribution in [3.63, 3.8) is 0 Å². The Kier molecular flexibility index (Phi) is 4.60. The van der Waals surface area contributed by atoms with Gasteiger partial charge in [-0.05, 0) is 38.2 Å². The summed E-state index contributed by atoms with van der Waals surface area (Å²) >= 11 is 1.65. The molecule has 4 rings (SSSR count). The molecule has 2 aromatic heterocycles. The highest BCUT2D eigenvalue weighted by Gasteiger charge is 2.22. The quantitative estimate of drug-likeness (QED) is 0.908. The topological polar surface area (TPSA) is 75.3 Å². The number of fused-ring (bicyclic) bond motifs is 3. The number of aromatic nitrogens is 2. The molecule has 2 aliphatic rings. The van der Waals surface area contributed by atoms with E-state index in [1.165, 1.54) is 16.9 Å². The third-order valence-electron chi connectivity index (χ3n) is 5.04. The Bertz CT molecular complexity index is 857. The van der Waals surface area contributed by atoms with Gasteiger partial charge in [0, 0.05) is 30.8 Å². The molecule has 1 unspecified atom stereocenters. The SMILES string of the molecule is CC1CN(C(=O)CCc2nc3sc4c(c3c(=O)[nH]2)CCCC4)CCO1. The molecule has 1 atom stereocenters. The fourth-order valence-electron chi connectivity index (χ4n) is 3.76. The Balaban J connectivity index is 1.50. The summed E-state index contributed by atoms with van der Waals surface area (Å²) in [5.41, 5.74) is 1.15. The van der Waals surface area contributed by atoms with Gasteiger partial charge in [-0.25, -0.2) is 4.98 Å². The molecule has 7 heteroatoms. The van der Waals surface area contributed by atoms with Crippen LogP contribution >= 0.6 is 11.3 Å². The molecule has 2 aromatic rings. The smallest absolute Gasteiger partial charge is 0.259 e. The molecule has 134 valence electrons. The van der Waals surface area contributed by atoms with Crippen LogP contribution in [-0.4, -0.2) is 46.6 Å². The van der Waals surface area contributed by atoms with Gasteiger partial charge in [0.15, 0.2) is 0 Å². The number of hydrogen-bond donors (Lipinski definition) is 1. The number of carbonyl (C=O) groups excluding carboxylic acids is 1. The van der Waals surface area contributed by atoms with Gasteiger partial charge in [0.2, 0.25) is 5.91 Å². The van der Waals surface area contributed by atoms with Crippen LogP contribution in [0.3, 0.4) is 0 Å². The number of ether oxygens (including phenoxy) is 1. The fraction of sp³-hybridized carbons (Fsp3) is 0.611. The first kappa shape index (κ1) is 16.7. The third kappa shape index (κ3) is 3.35. The minimum absolute atomic E-state index is 0.0492. The third-order valence-corrected chi connectivity index (χ3v) is 6.23. The highest BCUT2D eigenvalue weighted by atomic mass is 32.1. The van der Waals surface area contributed by atoms with Crippen molar-refractivity contribution < 1.29 is 9.53 Å². The lowest BCUT2D eigenvalue weighted by molar-refractivity contribution is -0.138. The monoisotopic (exact) mass is 361 g/mol. The highest BCUT2D eigenvalue weighted by Crippen LogP contribution is 2.33. The summed E-state index contributed by atoms with van der Waals surface area (Å²) in [6.45, 7) is 3.85. The number of morpholine rings is 1. The second-order valence-electron chi connectivity index (χ2n) is 6.92. The summed E-state index contributed by atoms with van der Waals surface area (Å²) in [4.78, 5) is 36.4. The fourth-order valence-corrected chi connectivity index (χ4v) is 5.04. The molecule has 0 spiro atoms. The molecule has 0 bridgehead atoms. The van der Waals surface area contributed by atoms with Crippen LogP contribution in [0.1, 0.15) is 42.5 Å². The molecule has 25 heavy (non-hydrogen) atoms. The highest BCUT2D eigenvalue weighted by molar-refractivity contribution is 7.18. The molecule has 0 saturated carbocycles. The zero-order valence-corrected chi connectivity index (χ0v) is 15.3. The van der Waals surface area contributed by atoms with Gasteiger partial charge in [-0.2, -0.15) is 0 Å².